The van der Waals surface area contributed by atoms with Crippen LogP contribution in [-0.2, 0) is 14.1 Å². The second-order valence-corrected chi connectivity index (χ2v) is 3.18. The predicted octanol–water partition coefficient (Wildman–Crippen LogP) is 0.0366. The van der Waals surface area contributed by atoms with Gasteiger partial charge >= 0.3 is 14.0 Å². The quantitative estimate of drug-likeness (QED) is 0.422. The van der Waals surface area contributed by atoms with Crippen molar-refractivity contribution in [2.75, 3.05) is 6.61 Å². The molecule has 9 heavy (non-hydrogen) atoms. The van der Waals surface area contributed by atoms with Crippen molar-refractivity contribution in [2.24, 2.45) is 0 Å². The van der Waals surface area contributed by atoms with Crippen LogP contribution in [0.1, 0.15) is 6.42 Å². The maximum atomic E-state index is 10.3. The van der Waals surface area contributed by atoms with Crippen LogP contribution in [0.2, 0.25) is 0 Å². The summed E-state index contributed by atoms with van der Waals surface area (Å²) in [5.41, 5.74) is -0.465. The molecule has 0 spiro atoms. The van der Waals surface area contributed by atoms with E-state index in [9.17, 15) is 9.36 Å². The third kappa shape index (κ3) is 1.47. The first-order chi connectivity index (χ1) is 4.20. The Bertz CT molecular complexity index is 155. The molecule has 0 aromatic carbocycles. The molecule has 2 atom stereocenters. The van der Waals surface area contributed by atoms with E-state index in [4.69, 9.17) is 4.89 Å². The Kier molecular flexibility index (Phi) is 1.78. The van der Waals surface area contributed by atoms with E-state index in [-0.39, 0.29) is 19.0 Å². The van der Waals surface area contributed by atoms with Crippen molar-refractivity contribution in [2.45, 2.75) is 12.1 Å². The van der Waals surface area contributed by atoms with E-state index in [1.54, 1.807) is 0 Å². The van der Waals surface area contributed by atoms with Crippen LogP contribution < -0.4 is 0 Å². The van der Waals surface area contributed by atoms with E-state index in [0.29, 0.717) is 0 Å². The molecule has 0 aromatic heterocycles. The van der Waals surface area contributed by atoms with E-state index in [1.165, 1.54) is 0 Å². The summed E-state index contributed by atoms with van der Waals surface area (Å²) in [7, 11) is -2.22. The summed E-state index contributed by atoms with van der Waals surface area (Å²) in [6.45, 7) is 0.102. The minimum Gasteiger partial charge on any atom is -0.461 e. The fraction of sp³-hybridized carbons (Fsp3) is 0.750. The molecule has 1 fully saturated rings. The lowest BCUT2D eigenvalue weighted by Gasteiger charge is -1.82. The van der Waals surface area contributed by atoms with E-state index < -0.39 is 13.7 Å². The molecule has 0 aromatic rings. The maximum Gasteiger partial charge on any atom is 0.512 e. The van der Waals surface area contributed by atoms with Gasteiger partial charge in [-0.05, 0) is 4.57 Å². The Morgan fingerprint density at radius 1 is 1.78 bits per heavy atom. The number of rotatable bonds is 1. The lowest BCUT2D eigenvalue weighted by molar-refractivity contribution is -0.137. The predicted molar refractivity (Wildman–Crippen MR) is 29.2 cm³/mol. The number of ether oxygens (including phenoxy) is 1. The van der Waals surface area contributed by atoms with Gasteiger partial charge in [0, 0.05) is 0 Å². The maximum absolute atomic E-state index is 10.3. The van der Waals surface area contributed by atoms with Crippen molar-refractivity contribution in [3.05, 3.63) is 0 Å². The van der Waals surface area contributed by atoms with Gasteiger partial charge in [0.1, 0.15) is 6.61 Å². The molecule has 0 radical (unpaired) electrons. The second kappa shape index (κ2) is 2.42. The van der Waals surface area contributed by atoms with E-state index in [0.717, 1.165) is 0 Å². The van der Waals surface area contributed by atoms with Gasteiger partial charge in [-0.2, -0.15) is 4.89 Å². The molecule has 0 aliphatic carbocycles. The van der Waals surface area contributed by atoms with E-state index in [2.05, 4.69) is 4.74 Å². The van der Waals surface area contributed by atoms with Crippen LogP contribution in [0, 0.1) is 0 Å². The normalized spacial score (nSPS) is 27.9. The van der Waals surface area contributed by atoms with Gasteiger partial charge in [0.2, 0.25) is 5.66 Å². The van der Waals surface area contributed by atoms with Crippen molar-refractivity contribution < 1.29 is 19.0 Å². The summed E-state index contributed by atoms with van der Waals surface area (Å²) in [6, 6.07) is 0. The number of esters is 1. The zero-order valence-corrected chi connectivity index (χ0v) is 5.51. The summed E-state index contributed by atoms with van der Waals surface area (Å²) in [4.78, 5) is 18.7. The fourth-order valence-corrected chi connectivity index (χ4v) is 1.15. The van der Waals surface area contributed by atoms with Crippen LogP contribution in [-0.4, -0.2) is 23.1 Å². The van der Waals surface area contributed by atoms with Crippen molar-refractivity contribution in [1.29, 1.82) is 0 Å². The van der Waals surface area contributed by atoms with Crippen LogP contribution >= 0.6 is 8.03 Å². The summed E-state index contributed by atoms with van der Waals surface area (Å²) in [5, 5.41) is 0. The van der Waals surface area contributed by atoms with E-state index in [1.807, 2.05) is 0 Å². The average Bonchev–Trinajstić information content (AvgIpc) is 2.14. The zero-order valence-electron chi connectivity index (χ0n) is 4.61. The third-order valence-corrected chi connectivity index (χ3v) is 2.11. The molecular formula is C4H6O4P+. The zero-order chi connectivity index (χ0) is 6.85. The molecule has 1 N–H and O–H groups in total. The monoisotopic (exact) mass is 149 g/mol. The Morgan fingerprint density at radius 3 is 2.67 bits per heavy atom. The van der Waals surface area contributed by atoms with Crippen LogP contribution in [0.5, 0.6) is 0 Å². The van der Waals surface area contributed by atoms with Crippen molar-refractivity contribution in [3.63, 3.8) is 0 Å². The van der Waals surface area contributed by atoms with Gasteiger partial charge in [-0.15, -0.1) is 0 Å². The van der Waals surface area contributed by atoms with Gasteiger partial charge in [0.15, 0.2) is 0 Å². The molecule has 1 unspecified atom stereocenters. The molecule has 4 nitrogen and oxygen atoms in total. The molecule has 1 aliphatic rings. The van der Waals surface area contributed by atoms with Crippen molar-refractivity contribution >= 4 is 14.0 Å². The number of hydrogen-bond donors (Lipinski definition) is 1. The second-order valence-electron chi connectivity index (χ2n) is 1.84. The highest BCUT2D eigenvalue weighted by atomic mass is 31.1. The highest BCUT2D eigenvalue weighted by Gasteiger charge is 2.38. The molecular weight excluding hydrogens is 143 g/mol. The van der Waals surface area contributed by atoms with Crippen molar-refractivity contribution in [3.8, 4) is 0 Å². The van der Waals surface area contributed by atoms with Gasteiger partial charge in [-0.25, -0.2) is 0 Å². The Hall–Kier alpha value is -0.470. The fourth-order valence-electron chi connectivity index (χ4n) is 0.641. The number of cyclic esters (lactones) is 1. The van der Waals surface area contributed by atoms with Gasteiger partial charge < -0.3 is 4.74 Å². The third-order valence-electron chi connectivity index (χ3n) is 1.15. The molecule has 1 heterocycles. The average molecular weight is 149 g/mol. The van der Waals surface area contributed by atoms with Crippen molar-refractivity contribution in [1.82, 2.24) is 0 Å². The lowest BCUT2D eigenvalue weighted by Crippen LogP contribution is -1.98. The van der Waals surface area contributed by atoms with Crippen LogP contribution in [0.15, 0.2) is 0 Å². The summed E-state index contributed by atoms with van der Waals surface area (Å²) < 4.78 is 14.7. The molecule has 50 valence electrons. The largest absolute Gasteiger partial charge is 0.512 e. The summed E-state index contributed by atoms with van der Waals surface area (Å²) in [5.74, 6) is -0.377. The minimum atomic E-state index is -2.22. The highest BCUT2D eigenvalue weighted by molar-refractivity contribution is 7.39. The first kappa shape index (κ1) is 6.65. The van der Waals surface area contributed by atoms with Gasteiger partial charge in [-0.3, -0.25) is 4.79 Å². The number of hydrogen-bond acceptors (Lipinski definition) is 3. The topological polar surface area (TPSA) is 63.6 Å². The molecule has 5 heteroatoms. The Labute approximate surface area is 52.7 Å². The Morgan fingerprint density at radius 2 is 2.44 bits per heavy atom. The summed E-state index contributed by atoms with van der Waals surface area (Å²) >= 11 is 0. The Balaban J connectivity index is 2.48. The molecule has 0 saturated carbocycles. The number of carbonyl (C=O) groups is 1. The SMILES string of the molecule is O=C1C[C@@H]([P+](=O)O)CO1. The van der Waals surface area contributed by atoms with Crippen LogP contribution in [0.4, 0.5) is 0 Å². The van der Waals surface area contributed by atoms with Gasteiger partial charge in [0.25, 0.3) is 0 Å². The first-order valence-electron chi connectivity index (χ1n) is 2.51. The highest BCUT2D eigenvalue weighted by Crippen LogP contribution is 2.29. The van der Waals surface area contributed by atoms with Gasteiger partial charge in [0.05, 0.1) is 6.42 Å². The lowest BCUT2D eigenvalue weighted by atomic mass is 10.4. The van der Waals surface area contributed by atoms with E-state index >= 15 is 0 Å². The molecule has 0 bridgehead atoms. The smallest absolute Gasteiger partial charge is 0.461 e. The van der Waals surface area contributed by atoms with Gasteiger partial charge in [-0.1, -0.05) is 0 Å². The molecule has 1 rings (SSSR count). The number of carbonyl (C=O) groups excluding carboxylic acids is 1. The van der Waals surface area contributed by atoms with Crippen LogP contribution in [0.3, 0.4) is 0 Å². The summed E-state index contributed by atoms with van der Waals surface area (Å²) in [6.07, 6.45) is 0.0890. The standard InChI is InChI=1S/C4H5O4P/c5-4-1-3(2-8-4)9(6)7/h3H,1-2H2/p+1/t3-/m1/s1. The molecule has 1 saturated heterocycles. The first-order valence-corrected chi connectivity index (χ1v) is 3.79. The molecule has 1 aliphatic heterocycles. The minimum absolute atomic E-state index is 0.0890. The molecule has 0 amide bonds. The van der Waals surface area contributed by atoms with Crippen LogP contribution in [0.25, 0.3) is 0 Å².